The molecule has 0 heterocycles. The van der Waals surface area contributed by atoms with Crippen molar-refractivity contribution >= 4 is 0 Å². The van der Waals surface area contributed by atoms with E-state index in [1.54, 1.807) is 72.8 Å². The second-order valence-corrected chi connectivity index (χ2v) is 19.3. The van der Waals surface area contributed by atoms with Crippen molar-refractivity contribution in [3.8, 4) is 17.2 Å². The standard InChI is InChI=1S/2C14H26.3C6H6O.4C3H8.4C2H6/c2*1-13(9-5-3-6-10-13)14(2)11-7-4-8-12-14;3*7-6-4-2-1-3-5-6;4*1-3-2;4*1-2/h2*3-12H2,1-2H3;3*1-5,7H;4*3H2,1-2H3;4*1-2H3. The van der Waals surface area contributed by atoms with Crippen LogP contribution in [0.5, 0.6) is 17.2 Å². The summed E-state index contributed by atoms with van der Waals surface area (Å²) < 4.78 is 0. The fraction of sp³-hybridized carbons (Fsp3) is 0.727. The van der Waals surface area contributed by atoms with Crippen LogP contribution in [0.15, 0.2) is 91.0 Å². The number of hydrogen-bond donors (Lipinski definition) is 3. The Balaban J connectivity index is -0.000000168. The summed E-state index contributed by atoms with van der Waals surface area (Å²) in [6.45, 7) is 43.3. The number of benzene rings is 3. The van der Waals surface area contributed by atoms with E-state index in [1.165, 1.54) is 154 Å². The van der Waals surface area contributed by atoms with Gasteiger partial charge in [-0.15, -0.1) is 0 Å². The first-order valence-electron chi connectivity index (χ1n) is 29.4. The van der Waals surface area contributed by atoms with Gasteiger partial charge in [-0.25, -0.2) is 0 Å². The Hall–Kier alpha value is -2.94. The molecule has 0 saturated heterocycles. The van der Waals surface area contributed by atoms with Crippen LogP contribution >= 0.6 is 0 Å². The predicted octanol–water partition coefficient (Wildman–Crippen LogP) is 23.8. The third-order valence-corrected chi connectivity index (χ3v) is 13.0. The normalized spacial score (nSPS) is 16.7. The number of phenolic OH excluding ortho intramolecular Hbond substituents is 3. The molecule has 0 aromatic heterocycles. The van der Waals surface area contributed by atoms with E-state index in [2.05, 4.69) is 83.1 Å². The van der Waals surface area contributed by atoms with Crippen molar-refractivity contribution in [3.63, 3.8) is 0 Å². The smallest absolute Gasteiger partial charge is 0.115 e. The summed E-state index contributed by atoms with van der Waals surface area (Å²) in [5.41, 5.74) is 2.74. The van der Waals surface area contributed by atoms with Crippen molar-refractivity contribution in [3.05, 3.63) is 91.0 Å². The average molecular weight is 968 g/mol. The number of hydrogen-bond acceptors (Lipinski definition) is 3. The maximum absolute atomic E-state index is 8.63. The Morgan fingerprint density at radius 1 is 0.261 bits per heavy atom. The third kappa shape index (κ3) is 41.4. The van der Waals surface area contributed by atoms with E-state index < -0.39 is 0 Å². The zero-order valence-corrected chi connectivity index (χ0v) is 50.5. The Bertz CT molecular complexity index is 1110. The number of para-hydroxylation sites is 3. The Morgan fingerprint density at radius 3 is 0.464 bits per heavy atom. The lowest BCUT2D eigenvalue weighted by molar-refractivity contribution is -0.00381. The molecule has 3 aromatic carbocycles. The third-order valence-electron chi connectivity index (χ3n) is 13.0. The monoisotopic (exact) mass is 967 g/mol. The van der Waals surface area contributed by atoms with Gasteiger partial charge in [-0.3, -0.25) is 0 Å². The van der Waals surface area contributed by atoms with Gasteiger partial charge in [0, 0.05) is 0 Å². The van der Waals surface area contributed by atoms with E-state index >= 15 is 0 Å². The van der Waals surface area contributed by atoms with Gasteiger partial charge < -0.3 is 15.3 Å². The molecule has 4 saturated carbocycles. The van der Waals surface area contributed by atoms with Gasteiger partial charge in [-0.05, 0) is 109 Å². The molecular formula is C66H126O3. The minimum absolute atomic E-state index is 0.322. The van der Waals surface area contributed by atoms with Crippen LogP contribution in [0.1, 0.15) is 293 Å². The molecule has 0 spiro atoms. The molecule has 4 aliphatic rings. The number of phenols is 3. The lowest BCUT2D eigenvalue weighted by Crippen LogP contribution is -2.40. The molecular weight excluding hydrogens is 841 g/mol. The van der Waals surface area contributed by atoms with Crippen LogP contribution in [0.4, 0.5) is 0 Å². The minimum Gasteiger partial charge on any atom is -0.508 e. The van der Waals surface area contributed by atoms with Crippen LogP contribution in [0, 0.1) is 21.7 Å². The molecule has 3 aromatic rings. The average Bonchev–Trinajstić information content (AvgIpc) is 3.38. The van der Waals surface area contributed by atoms with Crippen molar-refractivity contribution in [1.82, 2.24) is 0 Å². The maximum Gasteiger partial charge on any atom is 0.115 e. The molecule has 3 heteroatoms. The lowest BCUT2D eigenvalue weighted by Gasteiger charge is -2.51. The number of rotatable bonds is 2. The summed E-state index contributed by atoms with van der Waals surface area (Å²) >= 11 is 0. The van der Waals surface area contributed by atoms with Crippen molar-refractivity contribution in [2.45, 2.75) is 293 Å². The molecule has 0 amide bonds. The first-order chi connectivity index (χ1) is 33.2. The SMILES string of the molecule is CC.CC.CC.CC.CC1(C2(C)CCCCC2)CCCCC1.CC1(C2(C)CCCCC2)CCCCC1.CCC.CCC.CCC.CCC.Oc1ccccc1.Oc1ccccc1.Oc1ccccc1. The topological polar surface area (TPSA) is 60.7 Å². The van der Waals surface area contributed by atoms with Crippen molar-refractivity contribution < 1.29 is 15.3 Å². The first-order valence-corrected chi connectivity index (χ1v) is 29.4. The van der Waals surface area contributed by atoms with E-state index in [1.807, 2.05) is 73.6 Å². The maximum atomic E-state index is 8.63. The summed E-state index contributed by atoms with van der Waals surface area (Å²) in [6.07, 6.45) is 34.9. The summed E-state index contributed by atoms with van der Waals surface area (Å²) in [6, 6.07) is 26.1. The molecule has 4 fully saturated rings. The highest BCUT2D eigenvalue weighted by Gasteiger charge is 2.45. The molecule has 0 bridgehead atoms. The van der Waals surface area contributed by atoms with Gasteiger partial charge in [-0.2, -0.15) is 0 Å². The minimum atomic E-state index is 0.322. The molecule has 0 aliphatic heterocycles. The Kier molecular flexibility index (Phi) is 62.9. The largest absolute Gasteiger partial charge is 0.508 e. The van der Waals surface area contributed by atoms with E-state index in [4.69, 9.17) is 15.3 Å². The summed E-state index contributed by atoms with van der Waals surface area (Å²) in [5, 5.41) is 25.9. The molecule has 3 nitrogen and oxygen atoms in total. The van der Waals surface area contributed by atoms with E-state index in [-0.39, 0.29) is 0 Å². The van der Waals surface area contributed by atoms with Crippen LogP contribution in [0.25, 0.3) is 0 Å². The van der Waals surface area contributed by atoms with Crippen molar-refractivity contribution in [1.29, 1.82) is 0 Å². The summed E-state index contributed by atoms with van der Waals surface area (Å²) in [7, 11) is 0. The van der Waals surface area contributed by atoms with Gasteiger partial charge in [0.15, 0.2) is 0 Å². The highest BCUT2D eigenvalue weighted by atomic mass is 16.3. The molecule has 0 unspecified atom stereocenters. The molecule has 4 aliphatic carbocycles. The number of aromatic hydroxyl groups is 3. The molecule has 0 radical (unpaired) electrons. The molecule has 408 valence electrons. The van der Waals surface area contributed by atoms with Gasteiger partial charge in [-0.1, -0.05) is 296 Å². The van der Waals surface area contributed by atoms with Crippen LogP contribution < -0.4 is 0 Å². The molecule has 3 N–H and O–H groups in total. The molecule has 0 atom stereocenters. The van der Waals surface area contributed by atoms with Crippen LogP contribution in [0.3, 0.4) is 0 Å². The molecule has 69 heavy (non-hydrogen) atoms. The Labute approximate surface area is 435 Å². The highest BCUT2D eigenvalue weighted by molar-refractivity contribution is 5.19. The summed E-state index contributed by atoms with van der Waals surface area (Å²) in [4.78, 5) is 0. The summed E-state index contributed by atoms with van der Waals surface area (Å²) in [5.74, 6) is 0.965. The van der Waals surface area contributed by atoms with Gasteiger partial charge in [0.2, 0.25) is 0 Å². The second-order valence-electron chi connectivity index (χ2n) is 19.3. The Morgan fingerprint density at radius 2 is 0.377 bits per heavy atom. The van der Waals surface area contributed by atoms with E-state index in [9.17, 15) is 0 Å². The zero-order valence-electron chi connectivity index (χ0n) is 50.5. The second kappa shape index (κ2) is 56.0. The van der Waals surface area contributed by atoms with Gasteiger partial charge >= 0.3 is 0 Å². The zero-order chi connectivity index (χ0) is 54.3. The van der Waals surface area contributed by atoms with Crippen LogP contribution in [0.2, 0.25) is 0 Å². The van der Waals surface area contributed by atoms with Gasteiger partial charge in [0.05, 0.1) is 0 Å². The fourth-order valence-corrected chi connectivity index (χ4v) is 9.03. The fourth-order valence-electron chi connectivity index (χ4n) is 9.03. The van der Waals surface area contributed by atoms with Gasteiger partial charge in [0.1, 0.15) is 17.2 Å². The van der Waals surface area contributed by atoms with Gasteiger partial charge in [0.25, 0.3) is 0 Å². The van der Waals surface area contributed by atoms with Crippen LogP contribution in [-0.4, -0.2) is 15.3 Å². The molecule has 7 rings (SSSR count). The van der Waals surface area contributed by atoms with Crippen molar-refractivity contribution in [2.24, 2.45) is 21.7 Å². The predicted molar refractivity (Wildman–Crippen MR) is 318 cm³/mol. The van der Waals surface area contributed by atoms with Crippen molar-refractivity contribution in [2.75, 3.05) is 0 Å². The van der Waals surface area contributed by atoms with E-state index in [0.717, 1.165) is 0 Å². The quantitative estimate of drug-likeness (QED) is 0.240. The van der Waals surface area contributed by atoms with E-state index in [0.29, 0.717) is 38.9 Å². The highest BCUT2D eigenvalue weighted by Crippen LogP contribution is 2.57. The first kappa shape index (κ1) is 77.5. The van der Waals surface area contributed by atoms with Crippen LogP contribution in [-0.2, 0) is 0 Å². The lowest BCUT2D eigenvalue weighted by atomic mass is 9.54.